The van der Waals surface area contributed by atoms with Crippen LogP contribution in [0.1, 0.15) is 21.5 Å². The van der Waals surface area contributed by atoms with Crippen LogP contribution in [0.25, 0.3) is 16.9 Å². The number of amides is 1. The van der Waals surface area contributed by atoms with E-state index in [1.54, 1.807) is 30.5 Å². The van der Waals surface area contributed by atoms with Gasteiger partial charge in [0.2, 0.25) is 5.95 Å². The Morgan fingerprint density at radius 3 is 2.58 bits per heavy atom. The minimum absolute atomic E-state index is 0.0922. The minimum Gasteiger partial charge on any atom is -0.325 e. The van der Waals surface area contributed by atoms with Crippen LogP contribution in [0.3, 0.4) is 0 Å². The lowest BCUT2D eigenvalue weighted by Crippen LogP contribution is -2.14. The highest BCUT2D eigenvalue weighted by Gasteiger charge is 2.30. The Morgan fingerprint density at radius 2 is 1.81 bits per heavy atom. The molecule has 0 bridgehead atoms. The summed E-state index contributed by atoms with van der Waals surface area (Å²) in [6, 6.07) is 18.8. The van der Waals surface area contributed by atoms with Crippen LogP contribution >= 0.6 is 0 Å². The summed E-state index contributed by atoms with van der Waals surface area (Å²) in [5, 5.41) is 5.97. The highest BCUT2D eigenvalue weighted by Crippen LogP contribution is 2.31. The summed E-state index contributed by atoms with van der Waals surface area (Å²) in [5.41, 5.74) is 2.55. The first-order valence-electron chi connectivity index (χ1n) is 10.9. The Labute approximate surface area is 203 Å². The van der Waals surface area contributed by atoms with E-state index in [1.807, 2.05) is 35.8 Å². The van der Waals surface area contributed by atoms with Crippen molar-refractivity contribution in [2.75, 3.05) is 10.6 Å². The second-order valence-corrected chi connectivity index (χ2v) is 8.01. The predicted molar refractivity (Wildman–Crippen MR) is 131 cm³/mol. The molecular formula is C26H19F3N6O. The van der Waals surface area contributed by atoms with Crippen LogP contribution in [0, 0.1) is 6.92 Å². The molecule has 3 aromatic carbocycles. The maximum Gasteiger partial charge on any atom is 0.416 e. The first-order valence-corrected chi connectivity index (χ1v) is 10.9. The number of alkyl halides is 3. The summed E-state index contributed by atoms with van der Waals surface area (Å²) >= 11 is 0. The largest absolute Gasteiger partial charge is 0.416 e. The fraction of sp³-hybridized carbons (Fsp3) is 0.0769. The monoisotopic (exact) mass is 488 g/mol. The molecule has 5 aromatic rings. The van der Waals surface area contributed by atoms with Gasteiger partial charge in [-0.1, -0.05) is 24.3 Å². The van der Waals surface area contributed by atoms with Gasteiger partial charge in [-0.15, -0.1) is 0 Å². The number of carbonyl (C=O) groups excluding carboxylic acids is 1. The van der Waals surface area contributed by atoms with E-state index in [0.29, 0.717) is 23.1 Å². The molecule has 0 unspecified atom stereocenters. The molecule has 0 saturated carbocycles. The van der Waals surface area contributed by atoms with Gasteiger partial charge < -0.3 is 10.6 Å². The molecule has 0 aliphatic heterocycles. The van der Waals surface area contributed by atoms with Crippen molar-refractivity contribution in [3.05, 3.63) is 102 Å². The summed E-state index contributed by atoms with van der Waals surface area (Å²) in [4.78, 5) is 25.7. The molecule has 10 heteroatoms. The van der Waals surface area contributed by atoms with E-state index in [0.717, 1.165) is 28.7 Å². The van der Waals surface area contributed by atoms with Crippen molar-refractivity contribution >= 4 is 34.3 Å². The number of aromatic nitrogens is 4. The normalized spacial score (nSPS) is 11.4. The Kier molecular flexibility index (Phi) is 5.85. The number of hydrogen-bond donors (Lipinski definition) is 2. The van der Waals surface area contributed by atoms with Gasteiger partial charge in [0.25, 0.3) is 5.91 Å². The molecule has 0 aliphatic carbocycles. The topological polar surface area (TPSA) is 84.7 Å². The summed E-state index contributed by atoms with van der Waals surface area (Å²) in [6.45, 7) is 1.89. The van der Waals surface area contributed by atoms with Crippen LogP contribution in [0.15, 0.2) is 85.3 Å². The van der Waals surface area contributed by atoms with Crippen molar-refractivity contribution in [3.63, 3.8) is 0 Å². The fourth-order valence-electron chi connectivity index (χ4n) is 3.75. The second kappa shape index (κ2) is 9.14. The van der Waals surface area contributed by atoms with Crippen molar-refractivity contribution in [1.82, 2.24) is 19.5 Å². The molecule has 0 radical (unpaired) electrons. The van der Waals surface area contributed by atoms with E-state index in [1.165, 1.54) is 18.5 Å². The molecule has 0 saturated heterocycles. The van der Waals surface area contributed by atoms with Crippen LogP contribution in [0.5, 0.6) is 0 Å². The lowest BCUT2D eigenvalue weighted by molar-refractivity contribution is -0.137. The molecule has 7 nitrogen and oxygen atoms in total. The number of anilines is 3. The Hall–Kier alpha value is -4.73. The molecule has 2 heterocycles. The van der Waals surface area contributed by atoms with Crippen LogP contribution in [-0.2, 0) is 6.18 Å². The summed E-state index contributed by atoms with van der Waals surface area (Å²) in [5.74, 6) is 0.469. The number of para-hydroxylation sites is 2. The molecule has 2 aromatic heterocycles. The zero-order valence-electron chi connectivity index (χ0n) is 18.9. The third kappa shape index (κ3) is 4.61. The van der Waals surface area contributed by atoms with Crippen molar-refractivity contribution in [2.24, 2.45) is 0 Å². The van der Waals surface area contributed by atoms with E-state index in [-0.39, 0.29) is 5.56 Å². The molecule has 2 N–H and O–H groups in total. The Bertz CT molecular complexity index is 1560. The lowest BCUT2D eigenvalue weighted by Gasteiger charge is -2.14. The number of aryl methyl sites for hydroxylation is 1. The van der Waals surface area contributed by atoms with Crippen molar-refractivity contribution < 1.29 is 18.0 Å². The maximum absolute atomic E-state index is 13.0. The summed E-state index contributed by atoms with van der Waals surface area (Å²) < 4.78 is 41.0. The van der Waals surface area contributed by atoms with E-state index in [2.05, 4.69) is 20.6 Å². The van der Waals surface area contributed by atoms with Crippen LogP contribution in [0.2, 0.25) is 0 Å². The van der Waals surface area contributed by atoms with E-state index < -0.39 is 17.6 Å². The van der Waals surface area contributed by atoms with Gasteiger partial charge in [-0.05, 0) is 61.0 Å². The van der Waals surface area contributed by atoms with Crippen LogP contribution in [0.4, 0.5) is 30.5 Å². The molecule has 0 atom stereocenters. The van der Waals surface area contributed by atoms with E-state index in [4.69, 9.17) is 4.98 Å². The third-order valence-electron chi connectivity index (χ3n) is 5.55. The zero-order chi connectivity index (χ0) is 25.3. The van der Waals surface area contributed by atoms with Gasteiger partial charge in [-0.3, -0.25) is 9.36 Å². The summed E-state index contributed by atoms with van der Waals surface area (Å²) in [6.07, 6.45) is -1.45. The molecule has 0 spiro atoms. The van der Waals surface area contributed by atoms with Crippen LogP contribution < -0.4 is 10.6 Å². The lowest BCUT2D eigenvalue weighted by atomic mass is 10.1. The van der Waals surface area contributed by atoms with E-state index in [9.17, 15) is 18.0 Å². The molecular weight excluding hydrogens is 469 g/mol. The first-order chi connectivity index (χ1) is 17.3. The van der Waals surface area contributed by atoms with Crippen molar-refractivity contribution in [2.45, 2.75) is 13.1 Å². The number of carbonyl (C=O) groups is 1. The van der Waals surface area contributed by atoms with Crippen molar-refractivity contribution in [3.8, 4) is 5.82 Å². The molecule has 1 amide bonds. The highest BCUT2D eigenvalue weighted by molar-refractivity contribution is 6.04. The SMILES string of the molecule is Cc1ccc(NC(=O)c2cccc(C(F)(F)F)c2)cc1Nc1nc2ccccc2n1-c1ccncn1. The Balaban J connectivity index is 1.46. The minimum atomic E-state index is -4.54. The van der Waals surface area contributed by atoms with Crippen LogP contribution in [-0.4, -0.2) is 25.4 Å². The number of halogens is 3. The van der Waals surface area contributed by atoms with Gasteiger partial charge in [-0.2, -0.15) is 13.2 Å². The quantitative estimate of drug-likeness (QED) is 0.311. The summed E-state index contributed by atoms with van der Waals surface area (Å²) in [7, 11) is 0. The average Bonchev–Trinajstić information content (AvgIpc) is 3.24. The molecule has 180 valence electrons. The number of benzene rings is 3. The van der Waals surface area contributed by atoms with Gasteiger partial charge in [-0.25, -0.2) is 15.0 Å². The van der Waals surface area contributed by atoms with Gasteiger partial charge >= 0.3 is 6.18 Å². The van der Waals surface area contributed by atoms with Gasteiger partial charge in [0.05, 0.1) is 16.6 Å². The molecule has 5 rings (SSSR count). The predicted octanol–water partition coefficient (Wildman–Crippen LogP) is 6.14. The molecule has 36 heavy (non-hydrogen) atoms. The standard InChI is InChI=1S/C26H19F3N6O/c1-16-9-10-19(32-24(36)17-5-4-6-18(13-17)26(27,28)29)14-21(16)34-25-33-20-7-2-3-8-22(20)35(25)23-11-12-30-15-31-23/h2-15H,1H3,(H,32,36)(H,33,34). The highest BCUT2D eigenvalue weighted by atomic mass is 19.4. The average molecular weight is 488 g/mol. The smallest absolute Gasteiger partial charge is 0.325 e. The number of fused-ring (bicyclic) bond motifs is 1. The van der Waals surface area contributed by atoms with Crippen molar-refractivity contribution in [1.29, 1.82) is 0 Å². The fourth-order valence-corrected chi connectivity index (χ4v) is 3.75. The third-order valence-corrected chi connectivity index (χ3v) is 5.55. The molecule has 0 aliphatic rings. The second-order valence-electron chi connectivity index (χ2n) is 8.01. The number of nitrogens with one attached hydrogen (secondary N) is 2. The maximum atomic E-state index is 13.0. The zero-order valence-corrected chi connectivity index (χ0v) is 18.9. The number of nitrogens with zero attached hydrogens (tertiary/aromatic N) is 4. The Morgan fingerprint density at radius 1 is 0.972 bits per heavy atom. The first kappa shape index (κ1) is 23.0. The van der Waals surface area contributed by atoms with E-state index >= 15 is 0 Å². The number of rotatable bonds is 5. The number of hydrogen-bond acceptors (Lipinski definition) is 5. The molecule has 0 fully saturated rings. The van der Waals surface area contributed by atoms with Gasteiger partial charge in [0, 0.05) is 23.1 Å². The number of imidazole rings is 1. The van der Waals surface area contributed by atoms with Gasteiger partial charge in [0.1, 0.15) is 12.1 Å². The van der Waals surface area contributed by atoms with Gasteiger partial charge in [0.15, 0.2) is 0 Å².